The highest BCUT2D eigenvalue weighted by Gasteiger charge is 2.42. The van der Waals surface area contributed by atoms with Crippen LogP contribution in [0, 0.1) is 5.41 Å². The topological polar surface area (TPSA) is 58.9 Å². The molecular weight excluding hydrogens is 370 g/mol. The third kappa shape index (κ3) is 5.06. The Hall–Kier alpha value is -0.870. The third-order valence-electron chi connectivity index (χ3n) is 3.74. The average Bonchev–Trinajstić information content (AvgIpc) is 2.63. The largest absolute Gasteiger partial charge is 0.485 e. The molecule has 0 amide bonds. The van der Waals surface area contributed by atoms with Crippen LogP contribution in [0.15, 0.2) is 60.7 Å². The van der Waals surface area contributed by atoms with Crippen molar-refractivity contribution >= 4 is 29.3 Å². The van der Waals surface area contributed by atoms with Gasteiger partial charge in [0, 0.05) is 0 Å². The van der Waals surface area contributed by atoms with Gasteiger partial charge in [0.25, 0.3) is 0 Å². The van der Waals surface area contributed by atoms with Gasteiger partial charge in [-0.25, -0.2) is 0 Å². The highest BCUT2D eigenvalue weighted by Crippen LogP contribution is 2.50. The van der Waals surface area contributed by atoms with Crippen LogP contribution in [-0.2, 0) is 4.52 Å². The van der Waals surface area contributed by atoms with E-state index < -0.39 is 18.4 Å². The van der Waals surface area contributed by atoms with Gasteiger partial charge in [0.15, 0.2) is 0 Å². The predicted molar refractivity (Wildman–Crippen MR) is 97.4 cm³/mol. The molecule has 0 heterocycles. The second-order valence-electron chi connectivity index (χ2n) is 5.38. The van der Waals surface area contributed by atoms with Crippen LogP contribution in [0.1, 0.15) is 11.7 Å². The molecule has 1 atom stereocenters. The van der Waals surface area contributed by atoms with E-state index in [0.29, 0.717) is 5.75 Å². The number of ether oxygens (including phenoxy) is 1. The minimum Gasteiger partial charge on any atom is -0.485 e. The van der Waals surface area contributed by atoms with Crippen molar-refractivity contribution in [3.8, 4) is 5.75 Å². The smallest absolute Gasteiger partial charge is 0.225 e. The van der Waals surface area contributed by atoms with Gasteiger partial charge >= 0.3 is 0 Å². The first kappa shape index (κ1) is 19.5. The molecule has 0 fully saturated rings. The molecule has 0 aliphatic heterocycles. The number of hydrogen-bond acceptors (Lipinski definition) is 4. The first-order valence-electron chi connectivity index (χ1n) is 7.34. The molecular formula is C17H19Cl2O4P. The van der Waals surface area contributed by atoms with Crippen LogP contribution in [0.4, 0.5) is 0 Å². The molecule has 0 saturated carbocycles. The number of halogens is 2. The Balaban J connectivity index is 2.38. The van der Waals surface area contributed by atoms with Crippen LogP contribution in [0.2, 0.25) is 0 Å². The first-order chi connectivity index (χ1) is 11.6. The fourth-order valence-electron chi connectivity index (χ4n) is 2.37. The molecule has 4 nitrogen and oxygen atoms in total. The summed E-state index contributed by atoms with van der Waals surface area (Å²) in [6, 6.07) is 18.6. The number of aliphatic hydroxyl groups excluding tert-OH is 2. The highest BCUT2D eigenvalue weighted by molar-refractivity contribution is 8.00. The molecule has 0 saturated heterocycles. The van der Waals surface area contributed by atoms with Gasteiger partial charge < -0.3 is 19.5 Å². The lowest BCUT2D eigenvalue weighted by atomic mass is 9.80. The minimum absolute atomic E-state index is 0.0366. The molecule has 0 aliphatic rings. The zero-order valence-corrected chi connectivity index (χ0v) is 15.3. The van der Waals surface area contributed by atoms with Crippen molar-refractivity contribution in [1.82, 2.24) is 0 Å². The summed E-state index contributed by atoms with van der Waals surface area (Å²) in [4.78, 5) is 0. The molecule has 2 aromatic rings. The molecule has 24 heavy (non-hydrogen) atoms. The van der Waals surface area contributed by atoms with Crippen molar-refractivity contribution in [2.45, 2.75) is 6.10 Å². The van der Waals surface area contributed by atoms with Gasteiger partial charge in [-0.3, -0.25) is 0 Å². The summed E-state index contributed by atoms with van der Waals surface area (Å²) in [5.41, 5.74) is -0.289. The zero-order valence-electron chi connectivity index (χ0n) is 12.9. The van der Waals surface area contributed by atoms with Gasteiger partial charge in [0.2, 0.25) is 6.85 Å². The van der Waals surface area contributed by atoms with Gasteiger partial charge in [-0.2, -0.15) is 0 Å². The normalized spacial score (nSPS) is 13.0. The average molecular weight is 389 g/mol. The Morgan fingerprint density at radius 2 is 1.46 bits per heavy atom. The molecule has 2 rings (SSSR count). The van der Waals surface area contributed by atoms with Gasteiger partial charge in [-0.05, 0) is 40.2 Å². The SMILES string of the molecule is OCC(CO)(COP(Cl)Cl)C(Oc1ccccc1)c1ccccc1. The van der Waals surface area contributed by atoms with E-state index >= 15 is 0 Å². The number of benzene rings is 2. The van der Waals surface area contributed by atoms with Crippen molar-refractivity contribution in [1.29, 1.82) is 0 Å². The van der Waals surface area contributed by atoms with E-state index in [-0.39, 0.29) is 19.8 Å². The van der Waals surface area contributed by atoms with Crippen LogP contribution in [0.3, 0.4) is 0 Å². The molecule has 1 unspecified atom stereocenters. The maximum absolute atomic E-state index is 10.0. The summed E-state index contributed by atoms with van der Waals surface area (Å²) >= 11 is 11.4. The number of hydrogen-bond donors (Lipinski definition) is 2. The molecule has 7 heteroatoms. The molecule has 0 aromatic heterocycles. The van der Waals surface area contributed by atoms with Gasteiger partial charge in [-0.1, -0.05) is 48.5 Å². The molecule has 0 spiro atoms. The third-order valence-corrected chi connectivity index (χ3v) is 4.64. The van der Waals surface area contributed by atoms with E-state index in [1.54, 1.807) is 0 Å². The summed E-state index contributed by atoms with van der Waals surface area (Å²) in [7, 11) is 0. The molecule has 0 aliphatic carbocycles. The molecule has 0 radical (unpaired) electrons. The molecule has 2 aromatic carbocycles. The summed E-state index contributed by atoms with van der Waals surface area (Å²) < 4.78 is 11.4. The fourth-order valence-corrected chi connectivity index (χ4v) is 3.02. The predicted octanol–water partition coefficient (Wildman–Crippen LogP) is 4.50. The monoisotopic (exact) mass is 388 g/mol. The second-order valence-corrected chi connectivity index (χ2v) is 8.40. The fraction of sp³-hybridized carbons (Fsp3) is 0.294. The zero-order chi connectivity index (χ0) is 17.4. The molecule has 2 N–H and O–H groups in total. The van der Waals surface area contributed by atoms with Crippen LogP contribution in [-0.4, -0.2) is 30.0 Å². The number of aliphatic hydroxyl groups is 2. The van der Waals surface area contributed by atoms with Crippen molar-refractivity contribution in [2.75, 3.05) is 19.8 Å². The number of rotatable bonds is 9. The van der Waals surface area contributed by atoms with Crippen molar-refractivity contribution in [2.24, 2.45) is 5.41 Å². The van der Waals surface area contributed by atoms with E-state index in [1.165, 1.54) is 0 Å². The Morgan fingerprint density at radius 1 is 0.917 bits per heavy atom. The van der Waals surface area contributed by atoms with Crippen molar-refractivity contribution < 1.29 is 19.5 Å². The first-order valence-corrected chi connectivity index (χ1v) is 10.4. The lowest BCUT2D eigenvalue weighted by Gasteiger charge is -2.37. The quantitative estimate of drug-likeness (QED) is 0.620. The summed E-state index contributed by atoms with van der Waals surface area (Å²) in [5, 5.41) is 20.0. The number of para-hydroxylation sites is 1. The van der Waals surface area contributed by atoms with Gasteiger partial charge in [-0.15, -0.1) is 0 Å². The Morgan fingerprint density at radius 3 is 1.96 bits per heavy atom. The Labute approximate surface area is 152 Å². The summed E-state index contributed by atoms with van der Waals surface area (Å²) in [6.45, 7) is -2.41. The summed E-state index contributed by atoms with van der Waals surface area (Å²) in [6.07, 6.45) is -0.639. The maximum Gasteiger partial charge on any atom is 0.225 e. The van der Waals surface area contributed by atoms with Crippen molar-refractivity contribution in [3.05, 3.63) is 66.2 Å². The highest BCUT2D eigenvalue weighted by atomic mass is 35.9. The van der Waals surface area contributed by atoms with Crippen LogP contribution in [0.5, 0.6) is 5.75 Å². The van der Waals surface area contributed by atoms with E-state index in [1.807, 2.05) is 60.7 Å². The molecule has 130 valence electrons. The van der Waals surface area contributed by atoms with E-state index in [9.17, 15) is 10.2 Å². The Kier molecular flexibility index (Phi) is 7.76. The van der Waals surface area contributed by atoms with Crippen LogP contribution < -0.4 is 4.74 Å². The summed E-state index contributed by atoms with van der Waals surface area (Å²) in [5.74, 6) is 0.622. The van der Waals surface area contributed by atoms with Crippen LogP contribution >= 0.6 is 29.3 Å². The molecule has 0 bridgehead atoms. The van der Waals surface area contributed by atoms with E-state index in [2.05, 4.69) is 0 Å². The lowest BCUT2D eigenvalue weighted by molar-refractivity contribution is -0.0656. The maximum atomic E-state index is 10.0. The second kappa shape index (κ2) is 9.57. The Bertz CT molecular complexity index is 594. The van der Waals surface area contributed by atoms with Gasteiger partial charge in [0.05, 0.1) is 25.2 Å². The van der Waals surface area contributed by atoms with E-state index in [0.717, 1.165) is 5.56 Å². The van der Waals surface area contributed by atoms with Crippen molar-refractivity contribution in [3.63, 3.8) is 0 Å². The van der Waals surface area contributed by atoms with E-state index in [4.69, 9.17) is 31.7 Å². The minimum atomic E-state index is -1.66. The lowest BCUT2D eigenvalue weighted by Crippen LogP contribution is -2.43. The standard InChI is InChI=1S/C17H19Cl2O4P/c18-24(19)22-13-17(11-20,12-21)16(14-7-3-1-4-8-14)23-15-9-5-2-6-10-15/h1-10,16,20-21H,11-13H2. The van der Waals surface area contributed by atoms with Gasteiger partial charge in [0.1, 0.15) is 11.9 Å². The van der Waals surface area contributed by atoms with Crippen LogP contribution in [0.25, 0.3) is 0 Å².